The molecule has 2 heteroatoms. The Morgan fingerprint density at radius 2 is 2.11 bits per heavy atom. The van der Waals surface area contributed by atoms with Crippen LogP contribution in [0.4, 0.5) is 0 Å². The molecule has 0 bridgehead atoms. The zero-order valence-electron chi connectivity index (χ0n) is 5.06. The molecule has 0 saturated carbocycles. The molecule has 9 heavy (non-hydrogen) atoms. The molecule has 0 aliphatic heterocycles. The van der Waals surface area contributed by atoms with Crippen molar-refractivity contribution >= 4 is 24.2 Å². The van der Waals surface area contributed by atoms with Crippen LogP contribution in [0, 0.1) is 6.92 Å². The summed E-state index contributed by atoms with van der Waals surface area (Å²) >= 11 is 9.85. The van der Waals surface area contributed by atoms with Gasteiger partial charge < -0.3 is 0 Å². The van der Waals surface area contributed by atoms with Crippen molar-refractivity contribution in [3.05, 3.63) is 28.8 Å². The molecule has 0 atom stereocenters. The standard InChI is InChI=1S/C7H7ClS/c1-5-2-3-7(9)6(8)4-5/h2-4,9H,1H3. The van der Waals surface area contributed by atoms with E-state index in [0.717, 1.165) is 15.5 Å². The van der Waals surface area contributed by atoms with Gasteiger partial charge in [0.25, 0.3) is 0 Å². The summed E-state index contributed by atoms with van der Waals surface area (Å²) in [5.74, 6) is 0. The van der Waals surface area contributed by atoms with E-state index >= 15 is 0 Å². The lowest BCUT2D eigenvalue weighted by atomic mass is 10.2. The molecule has 1 aromatic carbocycles. The Balaban J connectivity index is 3.17. The number of thiol groups is 1. The third kappa shape index (κ3) is 1.63. The van der Waals surface area contributed by atoms with Gasteiger partial charge in [-0.1, -0.05) is 17.7 Å². The second-order valence-corrected chi connectivity index (χ2v) is 2.84. The predicted octanol–water partition coefficient (Wildman–Crippen LogP) is 2.94. The molecule has 0 amide bonds. The zero-order valence-corrected chi connectivity index (χ0v) is 6.71. The van der Waals surface area contributed by atoms with Gasteiger partial charge in [0.05, 0.1) is 5.02 Å². The lowest BCUT2D eigenvalue weighted by Crippen LogP contribution is -1.71. The van der Waals surface area contributed by atoms with Crippen LogP contribution in [0.25, 0.3) is 0 Å². The maximum Gasteiger partial charge on any atom is 0.0541 e. The van der Waals surface area contributed by atoms with Gasteiger partial charge in [-0.05, 0) is 24.6 Å². The maximum absolute atomic E-state index is 5.74. The Kier molecular flexibility index (Phi) is 2.04. The van der Waals surface area contributed by atoms with Crippen LogP contribution >= 0.6 is 24.2 Å². The summed E-state index contributed by atoms with van der Waals surface area (Å²) in [7, 11) is 0. The highest BCUT2D eigenvalue weighted by molar-refractivity contribution is 7.80. The molecule has 0 aromatic heterocycles. The highest BCUT2D eigenvalue weighted by atomic mass is 35.5. The highest BCUT2D eigenvalue weighted by Crippen LogP contribution is 2.19. The summed E-state index contributed by atoms with van der Waals surface area (Å²) in [4.78, 5) is 0.835. The molecule has 0 spiro atoms. The van der Waals surface area contributed by atoms with E-state index in [1.807, 2.05) is 25.1 Å². The van der Waals surface area contributed by atoms with Gasteiger partial charge in [0.15, 0.2) is 0 Å². The van der Waals surface area contributed by atoms with Gasteiger partial charge in [0.2, 0.25) is 0 Å². The third-order valence-electron chi connectivity index (χ3n) is 1.10. The monoisotopic (exact) mass is 158 g/mol. The van der Waals surface area contributed by atoms with E-state index in [-0.39, 0.29) is 0 Å². The van der Waals surface area contributed by atoms with Crippen molar-refractivity contribution in [3.8, 4) is 0 Å². The van der Waals surface area contributed by atoms with Gasteiger partial charge >= 0.3 is 0 Å². The van der Waals surface area contributed by atoms with Crippen LogP contribution in [0.3, 0.4) is 0 Å². The first-order valence-corrected chi connectivity index (χ1v) is 3.48. The molecule has 0 unspecified atom stereocenters. The quantitative estimate of drug-likeness (QED) is 0.552. The summed E-state index contributed by atoms with van der Waals surface area (Å²) in [6, 6.07) is 5.76. The summed E-state index contributed by atoms with van der Waals surface area (Å²) in [5.41, 5.74) is 1.16. The van der Waals surface area contributed by atoms with E-state index in [9.17, 15) is 0 Å². The van der Waals surface area contributed by atoms with E-state index in [2.05, 4.69) is 12.6 Å². The summed E-state index contributed by atoms with van der Waals surface area (Å²) < 4.78 is 0. The Morgan fingerprint density at radius 3 is 2.56 bits per heavy atom. The fraction of sp³-hybridized carbons (Fsp3) is 0.143. The van der Waals surface area contributed by atoms with E-state index in [1.165, 1.54) is 0 Å². The van der Waals surface area contributed by atoms with Crippen molar-refractivity contribution in [2.45, 2.75) is 11.8 Å². The molecule has 0 heterocycles. The Bertz CT molecular complexity index is 220. The molecule has 0 radical (unpaired) electrons. The molecule has 0 fully saturated rings. The number of hydrogen-bond donors (Lipinski definition) is 1. The zero-order chi connectivity index (χ0) is 6.85. The molecule has 48 valence electrons. The van der Waals surface area contributed by atoms with Crippen molar-refractivity contribution in [2.75, 3.05) is 0 Å². The second-order valence-electron chi connectivity index (χ2n) is 1.95. The molecule has 0 nitrogen and oxygen atoms in total. The maximum atomic E-state index is 5.74. The SMILES string of the molecule is Cc1ccc(S)c(Cl)c1. The fourth-order valence-electron chi connectivity index (χ4n) is 0.612. The van der Waals surface area contributed by atoms with Gasteiger partial charge in [0.1, 0.15) is 0 Å². The number of hydrogen-bond acceptors (Lipinski definition) is 1. The fourth-order valence-corrected chi connectivity index (χ4v) is 0.986. The van der Waals surface area contributed by atoms with Crippen LogP contribution in [0.1, 0.15) is 5.56 Å². The largest absolute Gasteiger partial charge is 0.142 e. The normalized spacial score (nSPS) is 9.67. The van der Waals surface area contributed by atoms with Crippen molar-refractivity contribution in [1.29, 1.82) is 0 Å². The average molecular weight is 159 g/mol. The topological polar surface area (TPSA) is 0 Å². The summed E-state index contributed by atoms with van der Waals surface area (Å²) in [5, 5.41) is 0.721. The van der Waals surface area contributed by atoms with Gasteiger partial charge in [-0.2, -0.15) is 0 Å². The van der Waals surface area contributed by atoms with Crippen LogP contribution in [-0.4, -0.2) is 0 Å². The van der Waals surface area contributed by atoms with E-state index in [1.54, 1.807) is 0 Å². The summed E-state index contributed by atoms with van der Waals surface area (Å²) in [6.07, 6.45) is 0. The van der Waals surface area contributed by atoms with Crippen LogP contribution in [-0.2, 0) is 0 Å². The molecule has 1 rings (SSSR count). The number of benzene rings is 1. The first-order chi connectivity index (χ1) is 4.20. The highest BCUT2D eigenvalue weighted by Gasteiger charge is 1.92. The molecule has 0 saturated heterocycles. The number of halogens is 1. The first kappa shape index (κ1) is 6.97. The van der Waals surface area contributed by atoms with E-state index in [4.69, 9.17) is 11.6 Å². The lowest BCUT2D eigenvalue weighted by Gasteiger charge is -1.95. The van der Waals surface area contributed by atoms with Crippen molar-refractivity contribution in [3.63, 3.8) is 0 Å². The molecule has 0 aliphatic rings. The predicted molar refractivity (Wildman–Crippen MR) is 43.4 cm³/mol. The Hall–Kier alpha value is -0.140. The minimum Gasteiger partial charge on any atom is -0.142 e. The molecular weight excluding hydrogens is 152 g/mol. The average Bonchev–Trinajstić information content (AvgIpc) is 1.80. The molecule has 1 aromatic rings. The van der Waals surface area contributed by atoms with Crippen LogP contribution < -0.4 is 0 Å². The van der Waals surface area contributed by atoms with Gasteiger partial charge in [0, 0.05) is 4.90 Å². The minimum absolute atomic E-state index is 0.721. The van der Waals surface area contributed by atoms with Crippen LogP contribution in [0.2, 0.25) is 5.02 Å². The smallest absolute Gasteiger partial charge is 0.0541 e. The van der Waals surface area contributed by atoms with Crippen LogP contribution in [0.15, 0.2) is 23.1 Å². The molecule has 0 N–H and O–H groups in total. The third-order valence-corrected chi connectivity index (χ3v) is 1.94. The number of aryl methyl sites for hydroxylation is 1. The van der Waals surface area contributed by atoms with Gasteiger partial charge in [-0.3, -0.25) is 0 Å². The van der Waals surface area contributed by atoms with Crippen LogP contribution in [0.5, 0.6) is 0 Å². The van der Waals surface area contributed by atoms with Gasteiger partial charge in [-0.25, -0.2) is 0 Å². The summed E-state index contributed by atoms with van der Waals surface area (Å²) in [6.45, 7) is 2.00. The Labute approximate surface area is 65.3 Å². The molecular formula is C7H7ClS. The number of rotatable bonds is 0. The Morgan fingerprint density at radius 1 is 1.44 bits per heavy atom. The van der Waals surface area contributed by atoms with E-state index < -0.39 is 0 Å². The second kappa shape index (κ2) is 2.63. The lowest BCUT2D eigenvalue weighted by molar-refractivity contribution is 1.38. The first-order valence-electron chi connectivity index (χ1n) is 2.65. The van der Waals surface area contributed by atoms with Crippen molar-refractivity contribution in [1.82, 2.24) is 0 Å². The van der Waals surface area contributed by atoms with E-state index in [0.29, 0.717) is 0 Å². The van der Waals surface area contributed by atoms with Crippen molar-refractivity contribution in [2.24, 2.45) is 0 Å². The van der Waals surface area contributed by atoms with Crippen molar-refractivity contribution < 1.29 is 0 Å². The minimum atomic E-state index is 0.721. The van der Waals surface area contributed by atoms with Gasteiger partial charge in [-0.15, -0.1) is 12.6 Å². The molecule has 0 aliphatic carbocycles.